The standard InChI is InChI=1S/C12H13F4NO/c1-8(9-6-4-3-5-7-9)17(2)11(18)10(13)12(14,15)16/h3-8,10H,1-2H3/t8-,10-/m1/s1. The van der Waals surface area contributed by atoms with Crippen LogP contribution in [0.3, 0.4) is 0 Å². The van der Waals surface area contributed by atoms with Crippen molar-refractivity contribution < 1.29 is 22.4 Å². The number of hydrogen-bond donors (Lipinski definition) is 0. The van der Waals surface area contributed by atoms with E-state index < -0.39 is 24.3 Å². The molecule has 1 rings (SSSR count). The predicted octanol–water partition coefficient (Wildman–Crippen LogP) is 3.11. The van der Waals surface area contributed by atoms with Crippen molar-refractivity contribution in [2.24, 2.45) is 0 Å². The molecule has 0 saturated carbocycles. The van der Waals surface area contributed by atoms with Crippen molar-refractivity contribution in [3.05, 3.63) is 35.9 Å². The van der Waals surface area contributed by atoms with Crippen LogP contribution < -0.4 is 0 Å². The molecule has 0 spiro atoms. The summed E-state index contributed by atoms with van der Waals surface area (Å²) in [6.45, 7) is 1.54. The van der Waals surface area contributed by atoms with Crippen LogP contribution in [0.4, 0.5) is 17.6 Å². The zero-order chi connectivity index (χ0) is 13.9. The van der Waals surface area contributed by atoms with Crippen LogP contribution in [0, 0.1) is 0 Å². The minimum atomic E-state index is -5.16. The van der Waals surface area contributed by atoms with Crippen molar-refractivity contribution >= 4 is 5.91 Å². The average molecular weight is 263 g/mol. The molecule has 1 aromatic rings. The normalized spacial score (nSPS) is 15.0. The Morgan fingerprint density at radius 1 is 1.22 bits per heavy atom. The van der Waals surface area contributed by atoms with Gasteiger partial charge in [-0.25, -0.2) is 4.39 Å². The van der Waals surface area contributed by atoms with E-state index in [2.05, 4.69) is 0 Å². The van der Waals surface area contributed by atoms with Gasteiger partial charge in [0.05, 0.1) is 6.04 Å². The van der Waals surface area contributed by atoms with Gasteiger partial charge in [0.2, 0.25) is 0 Å². The molecule has 0 aromatic heterocycles. The zero-order valence-corrected chi connectivity index (χ0v) is 9.91. The van der Waals surface area contributed by atoms with E-state index in [1.165, 1.54) is 6.92 Å². The van der Waals surface area contributed by atoms with Gasteiger partial charge in [0.1, 0.15) is 0 Å². The maximum atomic E-state index is 12.9. The van der Waals surface area contributed by atoms with Crippen LogP contribution in [0.15, 0.2) is 30.3 Å². The summed E-state index contributed by atoms with van der Waals surface area (Å²) in [7, 11) is 1.15. The summed E-state index contributed by atoms with van der Waals surface area (Å²) in [5.41, 5.74) is 0.641. The maximum absolute atomic E-state index is 12.9. The molecule has 0 radical (unpaired) electrons. The van der Waals surface area contributed by atoms with Gasteiger partial charge in [-0.1, -0.05) is 30.3 Å². The highest BCUT2D eigenvalue weighted by atomic mass is 19.4. The fraction of sp³-hybridized carbons (Fsp3) is 0.417. The van der Waals surface area contributed by atoms with E-state index in [0.717, 1.165) is 11.9 Å². The molecule has 0 saturated heterocycles. The molecule has 0 aliphatic heterocycles. The van der Waals surface area contributed by atoms with E-state index in [1.807, 2.05) is 0 Å². The van der Waals surface area contributed by atoms with Crippen molar-refractivity contribution in [3.8, 4) is 0 Å². The molecule has 0 N–H and O–H groups in total. The molecule has 100 valence electrons. The van der Waals surface area contributed by atoms with E-state index >= 15 is 0 Å². The molecule has 0 aliphatic rings. The van der Waals surface area contributed by atoms with Gasteiger partial charge in [0.15, 0.2) is 0 Å². The maximum Gasteiger partial charge on any atom is 0.428 e. The van der Waals surface area contributed by atoms with Gasteiger partial charge in [-0.05, 0) is 12.5 Å². The Balaban J connectivity index is 2.82. The van der Waals surface area contributed by atoms with E-state index in [0.29, 0.717) is 5.56 Å². The van der Waals surface area contributed by atoms with Gasteiger partial charge in [0, 0.05) is 7.05 Å². The first kappa shape index (κ1) is 14.5. The lowest BCUT2D eigenvalue weighted by Crippen LogP contribution is -2.43. The molecule has 2 atom stereocenters. The first-order valence-corrected chi connectivity index (χ1v) is 5.27. The quantitative estimate of drug-likeness (QED) is 0.767. The Bertz CT molecular complexity index is 404. The second-order valence-electron chi connectivity index (χ2n) is 3.94. The van der Waals surface area contributed by atoms with Crippen LogP contribution in [0.2, 0.25) is 0 Å². The van der Waals surface area contributed by atoms with Crippen molar-refractivity contribution in [1.29, 1.82) is 0 Å². The third kappa shape index (κ3) is 3.21. The van der Waals surface area contributed by atoms with Crippen LogP contribution >= 0.6 is 0 Å². The van der Waals surface area contributed by atoms with Crippen molar-refractivity contribution in [2.75, 3.05) is 7.05 Å². The van der Waals surface area contributed by atoms with Gasteiger partial charge in [-0.2, -0.15) is 13.2 Å². The number of halogens is 4. The van der Waals surface area contributed by atoms with Crippen molar-refractivity contribution in [3.63, 3.8) is 0 Å². The highest BCUT2D eigenvalue weighted by molar-refractivity contribution is 5.81. The molecule has 0 fully saturated rings. The van der Waals surface area contributed by atoms with E-state index in [-0.39, 0.29) is 0 Å². The van der Waals surface area contributed by atoms with Crippen LogP contribution in [-0.2, 0) is 4.79 Å². The number of nitrogens with zero attached hydrogens (tertiary/aromatic N) is 1. The average Bonchev–Trinajstić information content (AvgIpc) is 2.35. The van der Waals surface area contributed by atoms with Crippen LogP contribution in [0.1, 0.15) is 18.5 Å². The van der Waals surface area contributed by atoms with Crippen molar-refractivity contribution in [2.45, 2.75) is 25.3 Å². The van der Waals surface area contributed by atoms with Gasteiger partial charge >= 0.3 is 6.18 Å². The molecular weight excluding hydrogens is 250 g/mol. The summed E-state index contributed by atoms with van der Waals surface area (Å²) >= 11 is 0. The first-order chi connectivity index (χ1) is 8.25. The Morgan fingerprint density at radius 2 is 1.72 bits per heavy atom. The summed E-state index contributed by atoms with van der Waals surface area (Å²) in [6.07, 6.45) is -8.64. The molecule has 0 heterocycles. The second-order valence-corrected chi connectivity index (χ2v) is 3.94. The predicted molar refractivity (Wildman–Crippen MR) is 58.6 cm³/mol. The highest BCUT2D eigenvalue weighted by Gasteiger charge is 2.47. The third-order valence-electron chi connectivity index (χ3n) is 2.71. The van der Waals surface area contributed by atoms with Crippen LogP contribution in [0.5, 0.6) is 0 Å². The van der Waals surface area contributed by atoms with Gasteiger partial charge in [0.25, 0.3) is 12.1 Å². The van der Waals surface area contributed by atoms with E-state index in [4.69, 9.17) is 0 Å². The molecule has 0 bridgehead atoms. The minimum Gasteiger partial charge on any atom is -0.336 e. The molecule has 1 aromatic carbocycles. The van der Waals surface area contributed by atoms with Crippen molar-refractivity contribution in [1.82, 2.24) is 4.90 Å². The minimum absolute atomic E-state index is 0.626. The number of alkyl halides is 4. The SMILES string of the molecule is C[C@H](c1ccccc1)N(C)C(=O)[C@@H](F)C(F)(F)F. The number of rotatable bonds is 3. The first-order valence-electron chi connectivity index (χ1n) is 5.27. The topological polar surface area (TPSA) is 20.3 Å². The van der Waals surface area contributed by atoms with Gasteiger partial charge < -0.3 is 4.90 Å². The molecule has 0 aliphatic carbocycles. The zero-order valence-electron chi connectivity index (χ0n) is 9.91. The summed E-state index contributed by atoms with van der Waals surface area (Å²) in [6, 6.07) is 7.83. The summed E-state index contributed by atoms with van der Waals surface area (Å²) in [5.74, 6) is -1.58. The second kappa shape index (κ2) is 5.37. The number of carbonyl (C=O) groups excluding carboxylic acids is 1. The summed E-state index contributed by atoms with van der Waals surface area (Å²) in [5, 5.41) is 0. The van der Waals surface area contributed by atoms with Gasteiger partial charge in [-0.3, -0.25) is 4.79 Å². The molecule has 1 amide bonds. The Hall–Kier alpha value is -1.59. The molecule has 0 unspecified atom stereocenters. The molecule has 2 nitrogen and oxygen atoms in total. The molecule has 18 heavy (non-hydrogen) atoms. The fourth-order valence-electron chi connectivity index (χ4n) is 1.46. The number of benzene rings is 1. The Kier molecular flexibility index (Phi) is 4.32. The smallest absolute Gasteiger partial charge is 0.336 e. The summed E-state index contributed by atoms with van der Waals surface area (Å²) in [4.78, 5) is 12.1. The third-order valence-corrected chi connectivity index (χ3v) is 2.71. The highest BCUT2D eigenvalue weighted by Crippen LogP contribution is 2.27. The molecular formula is C12H13F4NO. The lowest BCUT2D eigenvalue weighted by Gasteiger charge is -2.27. The van der Waals surface area contributed by atoms with E-state index in [1.54, 1.807) is 30.3 Å². The van der Waals surface area contributed by atoms with Crippen LogP contribution in [-0.4, -0.2) is 30.2 Å². The Labute approximate surface area is 102 Å². The fourth-order valence-corrected chi connectivity index (χ4v) is 1.46. The number of carbonyl (C=O) groups is 1. The van der Waals surface area contributed by atoms with Crippen LogP contribution in [0.25, 0.3) is 0 Å². The summed E-state index contributed by atoms with van der Waals surface area (Å²) < 4.78 is 49.2. The largest absolute Gasteiger partial charge is 0.428 e. The monoisotopic (exact) mass is 263 g/mol. The lowest BCUT2D eigenvalue weighted by molar-refractivity contribution is -0.193. The van der Waals surface area contributed by atoms with E-state index in [9.17, 15) is 22.4 Å². The number of hydrogen-bond acceptors (Lipinski definition) is 1. The molecule has 6 heteroatoms. The number of amides is 1. The Morgan fingerprint density at radius 3 is 2.17 bits per heavy atom. The lowest BCUT2D eigenvalue weighted by atomic mass is 10.1. The van der Waals surface area contributed by atoms with Gasteiger partial charge in [-0.15, -0.1) is 0 Å².